The Morgan fingerprint density at radius 3 is 2.42 bits per heavy atom. The summed E-state index contributed by atoms with van der Waals surface area (Å²) in [4.78, 5) is 33.5. The first kappa shape index (κ1) is 30.9. The molecule has 238 valence electrons. The van der Waals surface area contributed by atoms with Gasteiger partial charge >= 0.3 is 0 Å². The Labute approximate surface area is 281 Å². The molecule has 1 amide bonds. The van der Waals surface area contributed by atoms with Crippen LogP contribution < -0.4 is 29.7 Å². The minimum atomic E-state index is -0.694. The van der Waals surface area contributed by atoms with Gasteiger partial charge in [0, 0.05) is 11.3 Å². The van der Waals surface area contributed by atoms with Crippen LogP contribution in [0.25, 0.3) is 16.8 Å². The van der Waals surface area contributed by atoms with Crippen molar-refractivity contribution in [2.75, 3.05) is 11.9 Å². The Kier molecular flexibility index (Phi) is 8.72. The van der Waals surface area contributed by atoms with Crippen molar-refractivity contribution < 1.29 is 14.3 Å². The normalized spacial score (nSPS) is 14.4. The van der Waals surface area contributed by atoms with Gasteiger partial charge in [0.25, 0.3) is 11.5 Å². The van der Waals surface area contributed by atoms with E-state index in [4.69, 9.17) is 14.5 Å². The average Bonchev–Trinajstić information content (AvgIpc) is 3.41. The molecule has 0 saturated heterocycles. The van der Waals surface area contributed by atoms with Crippen LogP contribution in [-0.2, 0) is 11.4 Å². The number of aromatic nitrogens is 1. The lowest BCUT2D eigenvalue weighted by Gasteiger charge is -2.25. The highest BCUT2D eigenvalue weighted by atomic mass is 32.1. The number of rotatable bonds is 9. The minimum Gasteiger partial charge on any atom is -0.494 e. The second kappa shape index (κ2) is 13.6. The summed E-state index contributed by atoms with van der Waals surface area (Å²) < 4.78 is 14.1. The highest BCUT2D eigenvalue weighted by Crippen LogP contribution is 2.32. The van der Waals surface area contributed by atoms with Gasteiger partial charge in [0.2, 0.25) is 0 Å². The first-order valence-corrected chi connectivity index (χ1v) is 16.6. The molecule has 6 aromatic rings. The van der Waals surface area contributed by atoms with E-state index in [2.05, 4.69) is 29.6 Å². The molecule has 0 aliphatic carbocycles. The van der Waals surface area contributed by atoms with E-state index in [1.54, 1.807) is 4.57 Å². The van der Waals surface area contributed by atoms with Crippen molar-refractivity contribution in [2.24, 2.45) is 4.99 Å². The number of fused-ring (bicyclic) bond motifs is 2. The molecule has 2 heterocycles. The maximum atomic E-state index is 14.3. The number of nitrogens with zero attached hydrogens (tertiary/aromatic N) is 2. The molecule has 0 saturated carbocycles. The first-order chi connectivity index (χ1) is 23.5. The van der Waals surface area contributed by atoms with Crippen LogP contribution in [0.3, 0.4) is 0 Å². The van der Waals surface area contributed by atoms with Gasteiger partial charge in [0.05, 0.1) is 28.5 Å². The molecule has 1 aliphatic rings. The van der Waals surface area contributed by atoms with Gasteiger partial charge in [0.15, 0.2) is 4.80 Å². The number of anilines is 1. The van der Waals surface area contributed by atoms with Gasteiger partial charge in [-0.3, -0.25) is 14.2 Å². The van der Waals surface area contributed by atoms with Gasteiger partial charge in [-0.25, -0.2) is 4.99 Å². The third kappa shape index (κ3) is 6.18. The SMILES string of the molecule is CCOc1ccc([C@@H]2C(C(=O)Nc3ccccc3)=C(C)N=c3s/c(=C/c4ccccc4OCc4cccc5ccccc45)c(=O)n32)cc1. The summed E-state index contributed by atoms with van der Waals surface area (Å²) in [5, 5.41) is 5.29. The van der Waals surface area contributed by atoms with Gasteiger partial charge < -0.3 is 14.8 Å². The number of carbonyl (C=O) groups excluding carboxylic acids is 1. The number of para-hydroxylation sites is 2. The van der Waals surface area contributed by atoms with Crippen LogP contribution in [0.5, 0.6) is 11.5 Å². The number of hydrogen-bond donors (Lipinski definition) is 1. The Bertz CT molecular complexity index is 2340. The Morgan fingerprint density at radius 1 is 0.875 bits per heavy atom. The topological polar surface area (TPSA) is 81.9 Å². The van der Waals surface area contributed by atoms with Crippen molar-refractivity contribution in [2.45, 2.75) is 26.5 Å². The number of ether oxygens (including phenoxy) is 2. The van der Waals surface area contributed by atoms with E-state index in [1.165, 1.54) is 11.3 Å². The third-order valence-corrected chi connectivity index (χ3v) is 9.26. The van der Waals surface area contributed by atoms with Gasteiger partial charge in [-0.05, 0) is 72.2 Å². The Balaban J connectivity index is 1.28. The molecule has 7 rings (SSSR count). The van der Waals surface area contributed by atoms with Gasteiger partial charge in [-0.15, -0.1) is 0 Å². The number of benzene rings is 5. The highest BCUT2D eigenvalue weighted by molar-refractivity contribution is 7.07. The second-order valence-electron chi connectivity index (χ2n) is 11.4. The van der Waals surface area contributed by atoms with Crippen molar-refractivity contribution in [3.05, 3.63) is 169 Å². The molecule has 5 aromatic carbocycles. The van der Waals surface area contributed by atoms with Crippen molar-refractivity contribution in [3.63, 3.8) is 0 Å². The maximum Gasteiger partial charge on any atom is 0.271 e. The molecule has 1 atom stereocenters. The number of thiazole rings is 1. The largest absolute Gasteiger partial charge is 0.494 e. The molecule has 1 aromatic heterocycles. The van der Waals surface area contributed by atoms with Crippen molar-refractivity contribution in [3.8, 4) is 11.5 Å². The quantitative estimate of drug-likeness (QED) is 0.183. The number of amides is 1. The zero-order valence-corrected chi connectivity index (χ0v) is 27.4. The molecule has 0 fully saturated rings. The molecule has 1 aliphatic heterocycles. The van der Waals surface area contributed by atoms with Gasteiger partial charge in [0.1, 0.15) is 18.1 Å². The number of allylic oxidation sites excluding steroid dienone is 1. The molecule has 8 heteroatoms. The third-order valence-electron chi connectivity index (χ3n) is 8.27. The average molecular weight is 652 g/mol. The molecule has 0 unspecified atom stereocenters. The van der Waals surface area contributed by atoms with Crippen LogP contribution >= 0.6 is 11.3 Å². The monoisotopic (exact) mass is 651 g/mol. The van der Waals surface area contributed by atoms with Crippen LogP contribution in [0, 0.1) is 0 Å². The fourth-order valence-electron chi connectivity index (χ4n) is 6.01. The van der Waals surface area contributed by atoms with E-state index >= 15 is 0 Å². The van der Waals surface area contributed by atoms with Crippen LogP contribution in [0.2, 0.25) is 0 Å². The molecule has 7 nitrogen and oxygen atoms in total. The van der Waals surface area contributed by atoms with Crippen LogP contribution in [0.4, 0.5) is 5.69 Å². The summed E-state index contributed by atoms with van der Waals surface area (Å²) >= 11 is 1.30. The van der Waals surface area contributed by atoms with Gasteiger partial charge in [-0.1, -0.05) is 102 Å². The predicted octanol–water partition coefficient (Wildman–Crippen LogP) is 7.00. The predicted molar refractivity (Wildman–Crippen MR) is 191 cm³/mol. The van der Waals surface area contributed by atoms with Gasteiger partial charge in [-0.2, -0.15) is 0 Å². The second-order valence-corrected chi connectivity index (χ2v) is 12.4. The molecule has 0 radical (unpaired) electrons. The number of nitrogens with one attached hydrogen (secondary N) is 1. The van der Waals surface area contributed by atoms with Crippen LogP contribution in [0.15, 0.2) is 142 Å². The fraction of sp³-hybridized carbons (Fsp3) is 0.125. The fourth-order valence-corrected chi connectivity index (χ4v) is 7.04. The van der Waals surface area contributed by atoms with Crippen molar-refractivity contribution in [1.82, 2.24) is 4.57 Å². The summed E-state index contributed by atoms with van der Waals surface area (Å²) in [6.45, 7) is 4.65. The summed E-state index contributed by atoms with van der Waals surface area (Å²) in [6, 6.07) is 38.2. The Morgan fingerprint density at radius 2 is 1.60 bits per heavy atom. The summed E-state index contributed by atoms with van der Waals surface area (Å²) in [5.74, 6) is 1.06. The lowest BCUT2D eigenvalue weighted by molar-refractivity contribution is -0.113. The summed E-state index contributed by atoms with van der Waals surface area (Å²) in [5.41, 5.74) is 4.00. The Hall–Kier alpha value is -5.73. The molecule has 0 bridgehead atoms. The van der Waals surface area contributed by atoms with Crippen molar-refractivity contribution in [1.29, 1.82) is 0 Å². The van der Waals surface area contributed by atoms with Crippen LogP contribution in [0.1, 0.15) is 36.6 Å². The zero-order chi connectivity index (χ0) is 33.0. The lowest BCUT2D eigenvalue weighted by Crippen LogP contribution is -2.40. The van der Waals surface area contributed by atoms with Crippen LogP contribution in [-0.4, -0.2) is 17.1 Å². The van der Waals surface area contributed by atoms with E-state index in [0.717, 1.165) is 27.5 Å². The first-order valence-electron chi connectivity index (χ1n) is 15.8. The molecule has 1 N–H and O–H groups in total. The summed E-state index contributed by atoms with van der Waals surface area (Å²) in [6.07, 6.45) is 1.85. The molecular formula is C40H33N3O4S. The lowest BCUT2D eigenvalue weighted by atomic mass is 9.95. The highest BCUT2D eigenvalue weighted by Gasteiger charge is 2.32. The van der Waals surface area contributed by atoms with E-state index in [-0.39, 0.29) is 11.5 Å². The zero-order valence-electron chi connectivity index (χ0n) is 26.6. The van der Waals surface area contributed by atoms with Crippen molar-refractivity contribution >= 4 is 39.8 Å². The van der Waals surface area contributed by atoms with E-state index in [9.17, 15) is 9.59 Å². The molecule has 48 heavy (non-hydrogen) atoms. The molecular weight excluding hydrogens is 619 g/mol. The maximum absolute atomic E-state index is 14.3. The van der Waals surface area contributed by atoms with E-state index < -0.39 is 6.04 Å². The summed E-state index contributed by atoms with van der Waals surface area (Å²) in [7, 11) is 0. The smallest absolute Gasteiger partial charge is 0.271 e. The van der Waals surface area contributed by atoms with E-state index in [0.29, 0.717) is 51.0 Å². The number of hydrogen-bond acceptors (Lipinski definition) is 6. The standard InChI is InChI=1S/C40H33N3O4S/c1-3-46-32-22-20-28(21-23-32)37-36(38(44)42-31-16-5-4-6-17-31)26(2)41-40-43(37)39(45)35(48-40)24-29-13-8-10-19-34(29)47-25-30-15-11-14-27-12-7-9-18-33(27)30/h4-24,37H,3,25H2,1-2H3,(H,42,44)/b35-24+/t37-/m1/s1. The minimum absolute atomic E-state index is 0.237. The van der Waals surface area contributed by atoms with E-state index in [1.807, 2.05) is 117 Å². The number of carbonyl (C=O) groups is 1. The molecule has 0 spiro atoms.